The second-order valence-corrected chi connectivity index (χ2v) is 12.1. The van der Waals surface area contributed by atoms with Crippen molar-refractivity contribution in [1.29, 1.82) is 0 Å². The van der Waals surface area contributed by atoms with E-state index in [-0.39, 0.29) is 24.4 Å². The van der Waals surface area contributed by atoms with Gasteiger partial charge in [0.2, 0.25) is 5.91 Å². The third-order valence-corrected chi connectivity index (χ3v) is 8.12. The topological polar surface area (TPSA) is 108 Å². The molecular weight excluding hydrogens is 534 g/mol. The standard InChI is InChI=1S/C32H39N5O5/c1-22-33-19-26-20-35(30(39)36(22)26)25-14-16-34(17-15-25)29(38)28(37(31(40)41)32(2,3)4)18-23-10-12-27(13-11-23)42-21-24-8-6-5-7-9-24/h5-13,19,25,28H,14-18,20-21H2,1-4H3,(H,40,41)/t28-/m1/s1. The van der Waals surface area contributed by atoms with Gasteiger partial charge in [0.15, 0.2) is 0 Å². The summed E-state index contributed by atoms with van der Waals surface area (Å²) in [6.45, 7) is 9.11. The number of aryl methyl sites for hydroxylation is 1. The summed E-state index contributed by atoms with van der Waals surface area (Å²) in [5, 5.41) is 10.2. The molecule has 2 aliphatic heterocycles. The predicted octanol–water partition coefficient (Wildman–Crippen LogP) is 4.94. The first-order valence-electron chi connectivity index (χ1n) is 14.4. The number of fused-ring (bicyclic) bond motifs is 1. The number of hydrogen-bond acceptors (Lipinski definition) is 5. The highest BCUT2D eigenvalue weighted by molar-refractivity contribution is 5.86. The van der Waals surface area contributed by atoms with E-state index < -0.39 is 17.7 Å². The Morgan fingerprint density at radius 3 is 2.31 bits per heavy atom. The molecule has 1 saturated heterocycles. The van der Waals surface area contributed by atoms with Gasteiger partial charge in [-0.1, -0.05) is 42.5 Å². The fraction of sp³-hybridized carbons (Fsp3) is 0.438. The number of nitrogens with zero attached hydrogens (tertiary/aromatic N) is 5. The van der Waals surface area contributed by atoms with E-state index in [4.69, 9.17) is 4.74 Å². The highest BCUT2D eigenvalue weighted by Crippen LogP contribution is 2.28. The number of carbonyl (C=O) groups is 3. The van der Waals surface area contributed by atoms with Crippen molar-refractivity contribution < 1.29 is 24.2 Å². The second kappa shape index (κ2) is 11.9. The van der Waals surface area contributed by atoms with E-state index in [0.29, 0.717) is 50.7 Å². The van der Waals surface area contributed by atoms with Crippen LogP contribution in [-0.4, -0.2) is 78.1 Å². The van der Waals surface area contributed by atoms with Gasteiger partial charge in [-0.25, -0.2) is 14.6 Å². The van der Waals surface area contributed by atoms with Crippen LogP contribution in [0.2, 0.25) is 0 Å². The van der Waals surface area contributed by atoms with E-state index in [1.807, 2.05) is 66.4 Å². The summed E-state index contributed by atoms with van der Waals surface area (Å²) in [5.41, 5.74) is 2.01. The van der Waals surface area contributed by atoms with E-state index in [1.54, 1.807) is 36.4 Å². The molecular formula is C32H39N5O5. The maximum absolute atomic E-state index is 14.0. The van der Waals surface area contributed by atoms with Crippen molar-refractivity contribution in [3.63, 3.8) is 0 Å². The summed E-state index contributed by atoms with van der Waals surface area (Å²) in [4.78, 5) is 48.6. The van der Waals surface area contributed by atoms with Crippen LogP contribution < -0.4 is 4.74 Å². The van der Waals surface area contributed by atoms with Crippen molar-refractivity contribution in [3.8, 4) is 5.75 Å². The molecule has 2 aliphatic rings. The minimum absolute atomic E-state index is 0.0147. The van der Waals surface area contributed by atoms with E-state index in [1.165, 1.54) is 4.90 Å². The van der Waals surface area contributed by atoms with Crippen LogP contribution in [0, 0.1) is 6.92 Å². The monoisotopic (exact) mass is 573 g/mol. The van der Waals surface area contributed by atoms with Crippen LogP contribution in [-0.2, 0) is 24.4 Å². The fourth-order valence-electron chi connectivity index (χ4n) is 5.99. The highest BCUT2D eigenvalue weighted by atomic mass is 16.5. The Kier molecular flexibility index (Phi) is 8.24. The zero-order chi connectivity index (χ0) is 30.0. The van der Waals surface area contributed by atoms with Crippen molar-refractivity contribution in [2.75, 3.05) is 13.1 Å². The molecule has 1 aromatic heterocycles. The summed E-state index contributed by atoms with van der Waals surface area (Å²) >= 11 is 0. The molecule has 2 aromatic carbocycles. The van der Waals surface area contributed by atoms with Gasteiger partial charge in [-0.15, -0.1) is 0 Å². The van der Waals surface area contributed by atoms with Crippen LogP contribution in [0.3, 0.4) is 0 Å². The minimum atomic E-state index is -1.13. The largest absolute Gasteiger partial charge is 0.489 e. The molecule has 0 aliphatic carbocycles. The first-order valence-corrected chi connectivity index (χ1v) is 14.4. The van der Waals surface area contributed by atoms with Gasteiger partial charge in [0.1, 0.15) is 24.2 Å². The molecule has 3 aromatic rings. The van der Waals surface area contributed by atoms with Crippen LogP contribution in [0.4, 0.5) is 9.59 Å². The molecule has 42 heavy (non-hydrogen) atoms. The molecule has 0 unspecified atom stereocenters. The van der Waals surface area contributed by atoms with E-state index in [0.717, 1.165) is 16.8 Å². The van der Waals surface area contributed by atoms with Gasteiger partial charge in [0.25, 0.3) is 0 Å². The molecule has 1 atom stereocenters. The maximum atomic E-state index is 14.0. The minimum Gasteiger partial charge on any atom is -0.489 e. The normalized spacial score (nSPS) is 16.3. The van der Waals surface area contributed by atoms with Crippen molar-refractivity contribution in [1.82, 2.24) is 24.3 Å². The summed E-state index contributed by atoms with van der Waals surface area (Å²) in [6.07, 6.45) is 2.13. The lowest BCUT2D eigenvalue weighted by Gasteiger charge is -2.43. The Bertz CT molecular complexity index is 1420. The summed E-state index contributed by atoms with van der Waals surface area (Å²) in [6, 6.07) is 16.4. The van der Waals surface area contributed by atoms with Crippen LogP contribution in [0.15, 0.2) is 60.8 Å². The number of piperidine rings is 1. The molecule has 3 heterocycles. The van der Waals surface area contributed by atoms with Crippen LogP contribution in [0.5, 0.6) is 5.75 Å². The number of ether oxygens (including phenoxy) is 1. The Balaban J connectivity index is 1.27. The quantitative estimate of drug-likeness (QED) is 0.409. The Hall–Kier alpha value is -4.34. The van der Waals surface area contributed by atoms with Gasteiger partial charge in [-0.05, 0) is 63.8 Å². The number of hydrogen-bond donors (Lipinski definition) is 1. The lowest BCUT2D eigenvalue weighted by atomic mass is 9.96. The number of carboxylic acid groups (broad SMARTS) is 1. The van der Waals surface area contributed by atoms with Gasteiger partial charge in [0.05, 0.1) is 18.4 Å². The predicted molar refractivity (Wildman–Crippen MR) is 157 cm³/mol. The Labute approximate surface area is 246 Å². The molecule has 0 spiro atoms. The van der Waals surface area contributed by atoms with Gasteiger partial charge >= 0.3 is 12.1 Å². The zero-order valence-electron chi connectivity index (χ0n) is 24.7. The Morgan fingerprint density at radius 2 is 1.71 bits per heavy atom. The van der Waals surface area contributed by atoms with Crippen molar-refractivity contribution in [3.05, 3.63) is 83.4 Å². The average molecular weight is 574 g/mol. The lowest BCUT2D eigenvalue weighted by Crippen LogP contribution is -2.59. The molecule has 10 heteroatoms. The van der Waals surface area contributed by atoms with E-state index in [9.17, 15) is 19.5 Å². The van der Waals surface area contributed by atoms with Gasteiger partial charge < -0.3 is 19.6 Å². The number of amides is 3. The third kappa shape index (κ3) is 6.12. The van der Waals surface area contributed by atoms with Crippen molar-refractivity contribution in [2.24, 2.45) is 0 Å². The number of rotatable bonds is 8. The first kappa shape index (κ1) is 29.2. The number of likely N-dealkylation sites (tertiary alicyclic amines) is 1. The molecule has 3 amide bonds. The molecule has 5 rings (SSSR count). The fourth-order valence-corrected chi connectivity index (χ4v) is 5.99. The van der Waals surface area contributed by atoms with Gasteiger partial charge in [-0.2, -0.15) is 0 Å². The van der Waals surface area contributed by atoms with Crippen molar-refractivity contribution >= 4 is 18.0 Å². The number of aromatic nitrogens is 2. The Morgan fingerprint density at radius 1 is 1.05 bits per heavy atom. The molecule has 0 bridgehead atoms. The van der Waals surface area contributed by atoms with E-state index in [2.05, 4.69) is 4.98 Å². The van der Waals surface area contributed by atoms with Gasteiger partial charge in [-0.3, -0.25) is 14.3 Å². The molecule has 0 radical (unpaired) electrons. The molecule has 222 valence electrons. The summed E-state index contributed by atoms with van der Waals surface area (Å²) < 4.78 is 7.56. The van der Waals surface area contributed by atoms with Crippen LogP contribution in [0.25, 0.3) is 0 Å². The number of carbonyl (C=O) groups excluding carboxylic acids is 2. The molecule has 1 N–H and O–H groups in total. The molecule has 1 fully saturated rings. The summed E-state index contributed by atoms with van der Waals surface area (Å²) in [7, 11) is 0. The zero-order valence-corrected chi connectivity index (χ0v) is 24.7. The SMILES string of the molecule is Cc1ncc2n1C(=O)N(C1CCN(C(=O)[C@@H](Cc3ccc(OCc4ccccc4)cc3)N(C(=O)O)C(C)(C)C)CC1)C2. The first-order chi connectivity index (χ1) is 20.0. The third-order valence-electron chi connectivity index (χ3n) is 8.12. The lowest BCUT2D eigenvalue weighted by molar-refractivity contribution is -0.139. The number of imidazole rings is 1. The average Bonchev–Trinajstić information content (AvgIpc) is 3.50. The van der Waals surface area contributed by atoms with Gasteiger partial charge in [0, 0.05) is 31.1 Å². The van der Waals surface area contributed by atoms with Crippen molar-refractivity contribution in [2.45, 2.75) is 77.7 Å². The summed E-state index contributed by atoms with van der Waals surface area (Å²) in [5.74, 6) is 1.17. The second-order valence-electron chi connectivity index (χ2n) is 12.1. The highest BCUT2D eigenvalue weighted by Gasteiger charge is 2.42. The van der Waals surface area contributed by atoms with Crippen LogP contribution in [0.1, 0.15) is 56.3 Å². The van der Waals surface area contributed by atoms with Crippen LogP contribution >= 0.6 is 0 Å². The van der Waals surface area contributed by atoms with E-state index >= 15 is 0 Å². The molecule has 0 saturated carbocycles. The smallest absolute Gasteiger partial charge is 0.408 e. The maximum Gasteiger partial charge on any atom is 0.408 e. The molecule has 10 nitrogen and oxygen atoms in total. The number of benzene rings is 2.